The van der Waals surface area contributed by atoms with E-state index >= 15 is 0 Å². The van der Waals surface area contributed by atoms with Crippen molar-refractivity contribution in [2.45, 2.75) is 6.92 Å². The molecule has 10 heteroatoms. The first kappa shape index (κ1) is 21.7. The molecule has 0 unspecified atom stereocenters. The largest absolute Gasteiger partial charge is 0.361 e. The van der Waals surface area contributed by atoms with E-state index in [1.165, 1.54) is 16.8 Å². The van der Waals surface area contributed by atoms with Gasteiger partial charge < -0.3 is 14.7 Å². The smallest absolute Gasteiger partial charge is 0.276 e. The first-order chi connectivity index (χ1) is 15.4. The number of amides is 2. The number of nitrogens with one attached hydrogen (secondary N) is 1. The second-order valence-corrected chi connectivity index (χ2v) is 7.76. The van der Waals surface area contributed by atoms with Crippen molar-refractivity contribution in [3.05, 3.63) is 59.4 Å². The molecule has 2 amide bonds. The van der Waals surface area contributed by atoms with Gasteiger partial charge >= 0.3 is 0 Å². The Balaban J connectivity index is 1.24. The Morgan fingerprint density at radius 3 is 2.50 bits per heavy atom. The Morgan fingerprint density at radius 2 is 1.84 bits per heavy atom. The summed E-state index contributed by atoms with van der Waals surface area (Å²) < 4.78 is 19.6. The van der Waals surface area contributed by atoms with Crippen molar-refractivity contribution in [1.82, 2.24) is 30.1 Å². The molecule has 1 aromatic carbocycles. The van der Waals surface area contributed by atoms with Crippen LogP contribution in [-0.4, -0.2) is 75.8 Å². The average molecular weight is 440 g/mol. The molecule has 2 aromatic heterocycles. The van der Waals surface area contributed by atoms with Gasteiger partial charge in [0.15, 0.2) is 5.69 Å². The van der Waals surface area contributed by atoms with E-state index in [4.69, 9.17) is 4.52 Å². The molecule has 0 radical (unpaired) electrons. The molecule has 9 nitrogen and oxygen atoms in total. The quantitative estimate of drug-likeness (QED) is 0.627. The number of rotatable bonds is 6. The van der Waals surface area contributed by atoms with Crippen LogP contribution in [0.25, 0.3) is 11.3 Å². The summed E-state index contributed by atoms with van der Waals surface area (Å²) in [4.78, 5) is 29.0. The molecule has 0 spiro atoms. The number of aromatic nitrogens is 3. The summed E-state index contributed by atoms with van der Waals surface area (Å²) in [7, 11) is 1.70. The fraction of sp³-hybridized carbons (Fsp3) is 0.364. The van der Waals surface area contributed by atoms with Gasteiger partial charge in [0.2, 0.25) is 0 Å². The van der Waals surface area contributed by atoms with Crippen LogP contribution >= 0.6 is 0 Å². The minimum atomic E-state index is -0.318. The van der Waals surface area contributed by atoms with Crippen LogP contribution < -0.4 is 5.32 Å². The van der Waals surface area contributed by atoms with Crippen LogP contribution in [-0.2, 0) is 7.05 Å². The van der Waals surface area contributed by atoms with Gasteiger partial charge in [-0.2, -0.15) is 5.10 Å². The zero-order chi connectivity index (χ0) is 22.7. The van der Waals surface area contributed by atoms with E-state index in [-0.39, 0.29) is 17.6 Å². The maximum atomic E-state index is 13.1. The first-order valence-electron chi connectivity index (χ1n) is 10.4. The summed E-state index contributed by atoms with van der Waals surface area (Å²) in [5.41, 5.74) is 2.12. The van der Waals surface area contributed by atoms with Crippen LogP contribution in [0.4, 0.5) is 4.39 Å². The second-order valence-electron chi connectivity index (χ2n) is 7.76. The van der Waals surface area contributed by atoms with Gasteiger partial charge in [-0.25, -0.2) is 4.39 Å². The van der Waals surface area contributed by atoms with Crippen molar-refractivity contribution >= 4 is 11.8 Å². The van der Waals surface area contributed by atoms with Crippen LogP contribution in [0, 0.1) is 12.7 Å². The Hall–Kier alpha value is -3.53. The molecule has 1 N–H and O–H groups in total. The number of aryl methyl sites for hydroxylation is 2. The highest BCUT2D eigenvalue weighted by molar-refractivity contribution is 5.93. The molecule has 3 heterocycles. The number of hydrogen-bond acceptors (Lipinski definition) is 6. The van der Waals surface area contributed by atoms with E-state index in [0.29, 0.717) is 49.0 Å². The number of hydrogen-bond donors (Lipinski definition) is 1. The van der Waals surface area contributed by atoms with E-state index in [9.17, 15) is 14.0 Å². The number of benzene rings is 1. The molecule has 168 valence electrons. The van der Waals surface area contributed by atoms with Gasteiger partial charge in [-0.3, -0.25) is 19.2 Å². The van der Waals surface area contributed by atoms with Gasteiger partial charge in [0, 0.05) is 57.9 Å². The molecule has 0 aliphatic carbocycles. The van der Waals surface area contributed by atoms with Gasteiger partial charge in [-0.1, -0.05) is 5.16 Å². The highest BCUT2D eigenvalue weighted by atomic mass is 19.1. The molecule has 4 rings (SSSR count). The molecule has 3 aromatic rings. The van der Waals surface area contributed by atoms with E-state index < -0.39 is 0 Å². The SMILES string of the molecule is Cc1cc(C(=O)N2CCN(CCNC(=O)c3cc(-c4ccc(F)cc4)nn3C)CC2)no1. The van der Waals surface area contributed by atoms with Crippen LogP contribution in [0.3, 0.4) is 0 Å². The number of carbonyl (C=O) groups is 2. The molecule has 0 saturated carbocycles. The van der Waals surface area contributed by atoms with Gasteiger partial charge in [0.05, 0.1) is 5.69 Å². The molecule has 32 heavy (non-hydrogen) atoms. The highest BCUT2D eigenvalue weighted by Gasteiger charge is 2.24. The van der Waals surface area contributed by atoms with Gasteiger partial charge in [-0.15, -0.1) is 0 Å². The van der Waals surface area contributed by atoms with Crippen LogP contribution in [0.2, 0.25) is 0 Å². The van der Waals surface area contributed by atoms with E-state index in [1.54, 1.807) is 43.1 Å². The molecule has 0 bridgehead atoms. The molecule has 1 saturated heterocycles. The van der Waals surface area contributed by atoms with Crippen LogP contribution in [0.5, 0.6) is 0 Å². The second kappa shape index (κ2) is 9.31. The highest BCUT2D eigenvalue weighted by Crippen LogP contribution is 2.19. The standard InChI is InChI=1S/C22H25FN6O3/c1-15-13-19(26-32-15)22(31)29-11-9-28(10-12-29)8-7-24-21(30)20-14-18(25-27(20)2)16-3-5-17(23)6-4-16/h3-6,13-14H,7-12H2,1-2H3,(H,24,30). The molecular formula is C22H25FN6O3. The summed E-state index contributed by atoms with van der Waals surface area (Å²) in [6.07, 6.45) is 0. The minimum absolute atomic E-state index is 0.122. The minimum Gasteiger partial charge on any atom is -0.361 e. The van der Waals surface area contributed by atoms with Gasteiger partial charge in [-0.05, 0) is 37.3 Å². The molecule has 0 atom stereocenters. The third-order valence-corrected chi connectivity index (χ3v) is 5.47. The maximum Gasteiger partial charge on any atom is 0.276 e. The van der Waals surface area contributed by atoms with Crippen LogP contribution in [0.15, 0.2) is 40.9 Å². The summed E-state index contributed by atoms with van der Waals surface area (Å²) in [6, 6.07) is 9.33. The normalized spacial score (nSPS) is 14.5. The number of nitrogens with zero attached hydrogens (tertiary/aromatic N) is 5. The summed E-state index contributed by atoms with van der Waals surface area (Å²) >= 11 is 0. The van der Waals surface area contributed by atoms with Crippen molar-refractivity contribution in [1.29, 1.82) is 0 Å². The monoisotopic (exact) mass is 440 g/mol. The maximum absolute atomic E-state index is 13.1. The molecule has 1 aliphatic rings. The first-order valence-corrected chi connectivity index (χ1v) is 10.4. The van der Waals surface area contributed by atoms with Gasteiger partial charge in [0.1, 0.15) is 17.3 Å². The Morgan fingerprint density at radius 1 is 1.12 bits per heavy atom. The van der Waals surface area contributed by atoms with Crippen LogP contribution in [0.1, 0.15) is 26.7 Å². The van der Waals surface area contributed by atoms with Crippen molar-refractivity contribution < 1.29 is 18.5 Å². The molecule has 1 fully saturated rings. The van der Waals surface area contributed by atoms with E-state index in [1.807, 2.05) is 0 Å². The number of piperazine rings is 1. The topological polar surface area (TPSA) is 96.5 Å². The predicted octanol–water partition coefficient (Wildman–Crippen LogP) is 1.71. The summed E-state index contributed by atoms with van der Waals surface area (Å²) in [5.74, 6) is -0.0476. The lowest BCUT2D eigenvalue weighted by Gasteiger charge is -2.34. The van der Waals surface area contributed by atoms with E-state index in [0.717, 1.165) is 18.7 Å². The van der Waals surface area contributed by atoms with Crippen molar-refractivity contribution in [2.75, 3.05) is 39.3 Å². The third kappa shape index (κ3) is 4.86. The lowest BCUT2D eigenvalue weighted by Crippen LogP contribution is -2.50. The lowest BCUT2D eigenvalue weighted by molar-refractivity contribution is 0.0628. The lowest BCUT2D eigenvalue weighted by atomic mass is 10.1. The zero-order valence-corrected chi connectivity index (χ0v) is 18.0. The molecule has 1 aliphatic heterocycles. The van der Waals surface area contributed by atoms with Crippen molar-refractivity contribution in [2.24, 2.45) is 7.05 Å². The molecular weight excluding hydrogens is 415 g/mol. The fourth-order valence-corrected chi connectivity index (χ4v) is 3.66. The predicted molar refractivity (Wildman–Crippen MR) is 115 cm³/mol. The zero-order valence-electron chi connectivity index (χ0n) is 18.0. The average Bonchev–Trinajstić information content (AvgIpc) is 3.40. The Labute approximate surface area is 184 Å². The number of carbonyl (C=O) groups excluding carboxylic acids is 2. The summed E-state index contributed by atoms with van der Waals surface area (Å²) in [5, 5.41) is 11.1. The van der Waals surface area contributed by atoms with Crippen molar-refractivity contribution in [3.63, 3.8) is 0 Å². The summed E-state index contributed by atoms with van der Waals surface area (Å²) in [6.45, 7) is 5.55. The fourth-order valence-electron chi connectivity index (χ4n) is 3.66. The Kier molecular flexibility index (Phi) is 6.31. The van der Waals surface area contributed by atoms with Gasteiger partial charge in [0.25, 0.3) is 11.8 Å². The third-order valence-electron chi connectivity index (χ3n) is 5.47. The van der Waals surface area contributed by atoms with Crippen molar-refractivity contribution in [3.8, 4) is 11.3 Å². The number of halogens is 1. The Bertz CT molecular complexity index is 1100. The van der Waals surface area contributed by atoms with E-state index in [2.05, 4.69) is 20.5 Å².